The zero-order chi connectivity index (χ0) is 59.2. The van der Waals surface area contributed by atoms with E-state index in [0.717, 1.165) is 135 Å². The Morgan fingerprint density at radius 3 is 0.756 bits per heavy atom. The van der Waals surface area contributed by atoms with E-state index in [2.05, 4.69) is 142 Å². The van der Waals surface area contributed by atoms with Crippen molar-refractivity contribution < 1.29 is 28.6 Å². The molecule has 0 saturated heterocycles. The highest BCUT2D eigenvalue weighted by Crippen LogP contribution is 2.16. The summed E-state index contributed by atoms with van der Waals surface area (Å²) in [6.07, 6.45) is 96.3. The standard InChI is InChI=1S/C76H128O6/c1-4-7-10-13-16-19-22-25-28-31-33-35-36-37-38-39-40-42-43-45-48-51-54-57-60-63-66-69-75(78)81-72-73(71-80-74(77)68-65-62-59-56-53-50-47-30-27-24-21-18-15-12-9-6-3)82-76(79)70-67-64-61-58-55-52-49-46-44-41-34-32-29-26-23-20-17-14-11-8-5-2/h7,10,16,19,23,25-26,28,30,32-35,37-38,40,42,45,47-48,73H,4-6,8-9,11-15,17-18,20-22,24,27,29,31,36,39,41,43-44,46,49-72H2,1-3H3/b10-7-,19-16-,26-23-,28-25-,34-32-,35-33-,38-37-,42-40-,47-30-,48-45-. The van der Waals surface area contributed by atoms with Gasteiger partial charge in [0.1, 0.15) is 13.2 Å². The van der Waals surface area contributed by atoms with Crippen LogP contribution in [0.1, 0.15) is 323 Å². The molecule has 0 aliphatic carbocycles. The number of esters is 3. The summed E-state index contributed by atoms with van der Waals surface area (Å²) in [5.74, 6) is -0.914. The van der Waals surface area contributed by atoms with Crippen molar-refractivity contribution in [3.63, 3.8) is 0 Å². The highest BCUT2D eigenvalue weighted by Gasteiger charge is 2.19. The molecule has 0 aliphatic rings. The van der Waals surface area contributed by atoms with Gasteiger partial charge in [-0.3, -0.25) is 14.4 Å². The number of carbonyl (C=O) groups is 3. The van der Waals surface area contributed by atoms with Crippen LogP contribution in [-0.2, 0) is 28.6 Å². The Morgan fingerprint density at radius 1 is 0.256 bits per heavy atom. The molecule has 468 valence electrons. The van der Waals surface area contributed by atoms with Crippen LogP contribution in [0.4, 0.5) is 0 Å². The Morgan fingerprint density at radius 2 is 0.476 bits per heavy atom. The maximum absolute atomic E-state index is 13.0. The fourth-order valence-corrected chi connectivity index (χ4v) is 9.51. The smallest absolute Gasteiger partial charge is 0.306 e. The van der Waals surface area contributed by atoms with Gasteiger partial charge in [0.05, 0.1) is 0 Å². The number of unbranched alkanes of at least 4 members (excludes halogenated alkanes) is 31. The largest absolute Gasteiger partial charge is 0.462 e. The minimum atomic E-state index is -0.797. The maximum Gasteiger partial charge on any atom is 0.306 e. The zero-order valence-electron chi connectivity index (χ0n) is 53.7. The first-order valence-electron chi connectivity index (χ1n) is 34.5. The van der Waals surface area contributed by atoms with E-state index in [9.17, 15) is 14.4 Å². The minimum absolute atomic E-state index is 0.0914. The molecule has 82 heavy (non-hydrogen) atoms. The Labute approximate surface area is 507 Å². The van der Waals surface area contributed by atoms with Crippen LogP contribution in [0, 0.1) is 0 Å². The second-order valence-corrected chi connectivity index (χ2v) is 22.7. The van der Waals surface area contributed by atoms with E-state index in [0.29, 0.717) is 19.3 Å². The third kappa shape index (κ3) is 66.6. The third-order valence-corrected chi connectivity index (χ3v) is 14.7. The number of ether oxygens (including phenoxy) is 3. The predicted molar refractivity (Wildman–Crippen MR) is 357 cm³/mol. The lowest BCUT2D eigenvalue weighted by atomic mass is 10.1. The molecule has 0 aromatic carbocycles. The second-order valence-electron chi connectivity index (χ2n) is 22.7. The maximum atomic E-state index is 13.0. The van der Waals surface area contributed by atoms with Gasteiger partial charge >= 0.3 is 17.9 Å². The molecular formula is C76H128O6. The van der Waals surface area contributed by atoms with E-state index in [1.54, 1.807) is 0 Å². The molecule has 0 amide bonds. The quantitative estimate of drug-likeness (QED) is 0.0261. The molecular weight excluding hydrogens is 1010 g/mol. The summed E-state index contributed by atoms with van der Waals surface area (Å²) in [6, 6.07) is 0. The summed E-state index contributed by atoms with van der Waals surface area (Å²) >= 11 is 0. The molecule has 0 radical (unpaired) electrons. The highest BCUT2D eigenvalue weighted by atomic mass is 16.6. The Kier molecular flexibility index (Phi) is 65.8. The minimum Gasteiger partial charge on any atom is -0.462 e. The first-order chi connectivity index (χ1) is 40.5. The van der Waals surface area contributed by atoms with Gasteiger partial charge in [-0.05, 0) is 135 Å². The first-order valence-corrected chi connectivity index (χ1v) is 34.5. The van der Waals surface area contributed by atoms with Crippen molar-refractivity contribution in [1.82, 2.24) is 0 Å². The van der Waals surface area contributed by atoms with Crippen LogP contribution in [0.5, 0.6) is 0 Å². The van der Waals surface area contributed by atoms with Gasteiger partial charge in [0, 0.05) is 19.3 Å². The zero-order valence-corrected chi connectivity index (χ0v) is 53.7. The average Bonchev–Trinajstić information content (AvgIpc) is 3.47. The fourth-order valence-electron chi connectivity index (χ4n) is 9.51. The van der Waals surface area contributed by atoms with E-state index < -0.39 is 6.10 Å². The SMILES string of the molecule is CC/C=C\C/C=C\C/C=C\C/C=C\C/C=C\C/C=C\C/C=C\CCCCCCCC(=O)OCC(COC(=O)CCCCCCC/C=C\CCCCCCCCC)OC(=O)CCCCCCCCCCC/C=C\C/C=C\CCCCCCC. The molecule has 0 fully saturated rings. The Balaban J connectivity index is 4.43. The second kappa shape index (κ2) is 69.3. The van der Waals surface area contributed by atoms with E-state index in [1.807, 2.05) is 0 Å². The van der Waals surface area contributed by atoms with Crippen LogP contribution < -0.4 is 0 Å². The van der Waals surface area contributed by atoms with Gasteiger partial charge in [-0.15, -0.1) is 0 Å². The summed E-state index contributed by atoms with van der Waals surface area (Å²) in [4.78, 5) is 38.4. The normalized spacial score (nSPS) is 12.9. The molecule has 6 heteroatoms. The molecule has 0 aliphatic heterocycles. The lowest BCUT2D eigenvalue weighted by Gasteiger charge is -2.18. The average molecular weight is 1140 g/mol. The summed E-state index contributed by atoms with van der Waals surface area (Å²) in [6.45, 7) is 6.51. The fraction of sp³-hybridized carbons (Fsp3) is 0.697. The van der Waals surface area contributed by atoms with E-state index in [1.165, 1.54) is 148 Å². The monoisotopic (exact) mass is 1140 g/mol. The van der Waals surface area contributed by atoms with Crippen LogP contribution in [0.2, 0.25) is 0 Å². The lowest BCUT2D eigenvalue weighted by Crippen LogP contribution is -2.30. The predicted octanol–water partition coefficient (Wildman–Crippen LogP) is 23.9. The van der Waals surface area contributed by atoms with Crippen molar-refractivity contribution in [3.8, 4) is 0 Å². The molecule has 0 rings (SSSR count). The van der Waals surface area contributed by atoms with Gasteiger partial charge in [-0.25, -0.2) is 0 Å². The molecule has 0 saturated carbocycles. The number of carbonyl (C=O) groups excluding carboxylic acids is 3. The molecule has 0 heterocycles. The Hall–Kier alpha value is -4.19. The van der Waals surface area contributed by atoms with Crippen molar-refractivity contribution in [2.45, 2.75) is 329 Å². The molecule has 0 bridgehead atoms. The van der Waals surface area contributed by atoms with Crippen LogP contribution in [-0.4, -0.2) is 37.2 Å². The molecule has 0 N–H and O–H groups in total. The summed E-state index contributed by atoms with van der Waals surface area (Å²) in [5.41, 5.74) is 0. The van der Waals surface area contributed by atoms with Crippen molar-refractivity contribution in [1.29, 1.82) is 0 Å². The van der Waals surface area contributed by atoms with Crippen molar-refractivity contribution in [2.75, 3.05) is 13.2 Å². The van der Waals surface area contributed by atoms with Gasteiger partial charge < -0.3 is 14.2 Å². The topological polar surface area (TPSA) is 78.9 Å². The summed E-state index contributed by atoms with van der Waals surface area (Å²) < 4.78 is 17.0. The Bertz CT molecular complexity index is 1690. The van der Waals surface area contributed by atoms with Gasteiger partial charge in [-0.2, -0.15) is 0 Å². The van der Waals surface area contributed by atoms with Crippen LogP contribution in [0.3, 0.4) is 0 Å². The molecule has 0 aromatic heterocycles. The summed E-state index contributed by atoms with van der Waals surface area (Å²) in [7, 11) is 0. The van der Waals surface area contributed by atoms with Crippen LogP contribution in [0.25, 0.3) is 0 Å². The molecule has 6 nitrogen and oxygen atoms in total. The van der Waals surface area contributed by atoms with Gasteiger partial charge in [-0.1, -0.05) is 290 Å². The van der Waals surface area contributed by atoms with Crippen LogP contribution in [0.15, 0.2) is 122 Å². The number of hydrogen-bond donors (Lipinski definition) is 0. The van der Waals surface area contributed by atoms with Gasteiger partial charge in [0.25, 0.3) is 0 Å². The molecule has 0 aromatic rings. The van der Waals surface area contributed by atoms with Crippen molar-refractivity contribution in [2.24, 2.45) is 0 Å². The number of hydrogen-bond acceptors (Lipinski definition) is 6. The molecule has 1 atom stereocenters. The van der Waals surface area contributed by atoms with E-state index in [4.69, 9.17) is 14.2 Å². The van der Waals surface area contributed by atoms with E-state index in [-0.39, 0.29) is 31.1 Å². The van der Waals surface area contributed by atoms with Crippen molar-refractivity contribution in [3.05, 3.63) is 122 Å². The summed E-state index contributed by atoms with van der Waals surface area (Å²) in [5, 5.41) is 0. The lowest BCUT2D eigenvalue weighted by molar-refractivity contribution is -0.167. The van der Waals surface area contributed by atoms with Gasteiger partial charge in [0.15, 0.2) is 6.10 Å². The number of allylic oxidation sites excluding steroid dienone is 20. The van der Waals surface area contributed by atoms with Gasteiger partial charge in [0.2, 0.25) is 0 Å². The number of rotatable bonds is 62. The van der Waals surface area contributed by atoms with Crippen molar-refractivity contribution >= 4 is 17.9 Å². The highest BCUT2D eigenvalue weighted by molar-refractivity contribution is 5.71. The molecule has 1 unspecified atom stereocenters. The first kappa shape index (κ1) is 77.8. The third-order valence-electron chi connectivity index (χ3n) is 14.7. The molecule has 0 spiro atoms. The van der Waals surface area contributed by atoms with Crippen LogP contribution >= 0.6 is 0 Å². The van der Waals surface area contributed by atoms with E-state index >= 15 is 0 Å².